The molecule has 0 fully saturated rings. The summed E-state index contributed by atoms with van der Waals surface area (Å²) in [5, 5.41) is 4.37. The number of rotatable bonds is 3. The fraction of sp³-hybridized carbons (Fsp3) is 0.294. The van der Waals surface area contributed by atoms with Crippen molar-refractivity contribution in [2.24, 2.45) is 0 Å². The van der Waals surface area contributed by atoms with E-state index in [-0.39, 0.29) is 5.82 Å². The largest absolute Gasteiger partial charge is 0.306 e. The van der Waals surface area contributed by atoms with Crippen molar-refractivity contribution in [3.8, 4) is 0 Å². The van der Waals surface area contributed by atoms with Gasteiger partial charge < -0.3 is 5.32 Å². The van der Waals surface area contributed by atoms with E-state index in [4.69, 9.17) is 11.6 Å². The summed E-state index contributed by atoms with van der Waals surface area (Å²) in [7, 11) is 0. The minimum atomic E-state index is -0.178. The van der Waals surface area contributed by atoms with E-state index < -0.39 is 0 Å². The number of hydrogen-bond donors (Lipinski definition) is 1. The minimum absolute atomic E-state index is 0.178. The molecule has 2 aromatic rings. The van der Waals surface area contributed by atoms with Gasteiger partial charge in [-0.15, -0.1) is 11.8 Å². The molecule has 2 aromatic carbocycles. The Morgan fingerprint density at radius 2 is 2.14 bits per heavy atom. The molecule has 0 radical (unpaired) electrons. The molecule has 110 valence electrons. The maximum Gasteiger partial charge on any atom is 0.123 e. The topological polar surface area (TPSA) is 12.0 Å². The number of fused-ring (bicyclic) bond motifs is 1. The molecule has 1 atom stereocenters. The van der Waals surface area contributed by atoms with E-state index in [1.807, 2.05) is 30.8 Å². The second-order valence-corrected chi connectivity index (χ2v) is 6.90. The molecule has 21 heavy (non-hydrogen) atoms. The van der Waals surface area contributed by atoms with Crippen molar-refractivity contribution in [2.45, 2.75) is 30.8 Å². The third kappa shape index (κ3) is 3.42. The molecule has 1 aliphatic heterocycles. The van der Waals surface area contributed by atoms with Gasteiger partial charge in [-0.25, -0.2) is 4.39 Å². The Hall–Kier alpha value is -1.03. The summed E-state index contributed by atoms with van der Waals surface area (Å²) in [6, 6.07) is 11.4. The van der Waals surface area contributed by atoms with E-state index in [2.05, 4.69) is 17.4 Å². The molecule has 1 heterocycles. The molecule has 1 unspecified atom stereocenters. The minimum Gasteiger partial charge on any atom is -0.306 e. The van der Waals surface area contributed by atoms with Crippen LogP contribution >= 0.6 is 23.4 Å². The van der Waals surface area contributed by atoms with Crippen LogP contribution in [-0.2, 0) is 6.54 Å². The van der Waals surface area contributed by atoms with Gasteiger partial charge in [0.15, 0.2) is 0 Å². The van der Waals surface area contributed by atoms with Crippen LogP contribution in [0.5, 0.6) is 0 Å². The van der Waals surface area contributed by atoms with Gasteiger partial charge in [-0.1, -0.05) is 17.7 Å². The Morgan fingerprint density at radius 3 is 2.95 bits per heavy atom. The lowest BCUT2D eigenvalue weighted by Gasteiger charge is -2.26. The van der Waals surface area contributed by atoms with Crippen molar-refractivity contribution in [3.05, 3.63) is 63.9 Å². The van der Waals surface area contributed by atoms with Gasteiger partial charge >= 0.3 is 0 Å². The van der Waals surface area contributed by atoms with Crippen LogP contribution in [0.1, 0.15) is 29.2 Å². The zero-order valence-electron chi connectivity index (χ0n) is 11.8. The molecule has 3 rings (SSSR count). The van der Waals surface area contributed by atoms with Gasteiger partial charge in [0.1, 0.15) is 5.82 Å². The van der Waals surface area contributed by atoms with E-state index >= 15 is 0 Å². The van der Waals surface area contributed by atoms with Crippen LogP contribution in [0.4, 0.5) is 4.39 Å². The van der Waals surface area contributed by atoms with Gasteiger partial charge in [0.05, 0.1) is 0 Å². The van der Waals surface area contributed by atoms with Crippen LogP contribution in [0.2, 0.25) is 5.02 Å². The first-order valence-corrected chi connectivity index (χ1v) is 8.40. The summed E-state index contributed by atoms with van der Waals surface area (Å²) in [6.45, 7) is 2.69. The molecule has 0 spiro atoms. The molecule has 1 N–H and O–H groups in total. The fourth-order valence-corrected chi connectivity index (χ4v) is 3.95. The number of halogens is 2. The third-order valence-corrected chi connectivity index (χ3v) is 5.21. The Bertz CT molecular complexity index is 659. The van der Waals surface area contributed by atoms with Crippen LogP contribution in [0.15, 0.2) is 41.3 Å². The summed E-state index contributed by atoms with van der Waals surface area (Å²) in [5.74, 6) is 0.928. The number of hydrogen-bond acceptors (Lipinski definition) is 2. The molecule has 0 bridgehead atoms. The van der Waals surface area contributed by atoms with Gasteiger partial charge in [-0.2, -0.15) is 0 Å². The molecular formula is C17H17ClFNS. The van der Waals surface area contributed by atoms with Crippen molar-refractivity contribution in [3.63, 3.8) is 0 Å². The van der Waals surface area contributed by atoms with Gasteiger partial charge in [0.25, 0.3) is 0 Å². The lowest BCUT2D eigenvalue weighted by Crippen LogP contribution is -2.24. The van der Waals surface area contributed by atoms with E-state index in [1.165, 1.54) is 16.5 Å². The Morgan fingerprint density at radius 1 is 1.29 bits per heavy atom. The van der Waals surface area contributed by atoms with E-state index in [0.717, 1.165) is 34.9 Å². The summed E-state index contributed by atoms with van der Waals surface area (Å²) < 4.78 is 13.1. The monoisotopic (exact) mass is 321 g/mol. The van der Waals surface area contributed by atoms with Crippen molar-refractivity contribution >= 4 is 23.4 Å². The lowest BCUT2D eigenvalue weighted by atomic mass is 10.0. The first kappa shape index (κ1) is 14.9. The standard InChI is InChI=1S/C17H17ClFNS/c1-11-8-14(19)4-2-12(11)10-20-16-6-7-21-17-5-3-13(18)9-15(16)17/h2-5,8-9,16,20H,6-7,10H2,1H3. The van der Waals surface area contributed by atoms with Gasteiger partial charge in [0.2, 0.25) is 0 Å². The second kappa shape index (κ2) is 6.39. The van der Waals surface area contributed by atoms with Crippen molar-refractivity contribution in [1.29, 1.82) is 0 Å². The summed E-state index contributed by atoms with van der Waals surface area (Å²) in [4.78, 5) is 1.30. The molecule has 0 amide bonds. The zero-order chi connectivity index (χ0) is 14.8. The highest BCUT2D eigenvalue weighted by molar-refractivity contribution is 7.99. The van der Waals surface area contributed by atoms with Crippen molar-refractivity contribution in [2.75, 3.05) is 5.75 Å². The lowest BCUT2D eigenvalue weighted by molar-refractivity contribution is 0.508. The number of aryl methyl sites for hydroxylation is 1. The Balaban J connectivity index is 1.76. The zero-order valence-corrected chi connectivity index (χ0v) is 13.4. The molecule has 0 aromatic heterocycles. The highest BCUT2D eigenvalue weighted by Crippen LogP contribution is 2.37. The summed E-state index contributed by atoms with van der Waals surface area (Å²) in [5.41, 5.74) is 3.40. The van der Waals surface area contributed by atoms with Gasteiger partial charge in [0, 0.05) is 22.5 Å². The second-order valence-electron chi connectivity index (χ2n) is 5.32. The molecule has 0 aliphatic carbocycles. The van der Waals surface area contributed by atoms with Crippen LogP contribution in [0, 0.1) is 12.7 Å². The highest BCUT2D eigenvalue weighted by atomic mass is 35.5. The Kier molecular flexibility index (Phi) is 4.53. The molecule has 1 nitrogen and oxygen atoms in total. The number of thioether (sulfide) groups is 1. The average molecular weight is 322 g/mol. The molecule has 0 saturated heterocycles. The summed E-state index contributed by atoms with van der Waals surface area (Å²) >= 11 is 8.00. The van der Waals surface area contributed by atoms with Gasteiger partial charge in [-0.3, -0.25) is 0 Å². The normalized spacial score (nSPS) is 17.6. The SMILES string of the molecule is Cc1cc(F)ccc1CNC1CCSc2ccc(Cl)cc21. The quantitative estimate of drug-likeness (QED) is 0.842. The molecule has 4 heteroatoms. The number of benzene rings is 2. The first-order valence-electron chi connectivity index (χ1n) is 7.04. The van der Waals surface area contributed by atoms with Crippen LogP contribution < -0.4 is 5.32 Å². The summed E-state index contributed by atoms with van der Waals surface area (Å²) in [6.07, 6.45) is 1.08. The predicted molar refractivity (Wildman–Crippen MR) is 87.5 cm³/mol. The maximum absolute atomic E-state index is 13.1. The fourth-order valence-electron chi connectivity index (χ4n) is 2.67. The van der Waals surface area contributed by atoms with E-state index in [1.54, 1.807) is 6.07 Å². The third-order valence-electron chi connectivity index (χ3n) is 3.85. The van der Waals surface area contributed by atoms with Crippen LogP contribution in [0.25, 0.3) is 0 Å². The molecule has 1 aliphatic rings. The maximum atomic E-state index is 13.1. The van der Waals surface area contributed by atoms with E-state index in [0.29, 0.717) is 6.04 Å². The van der Waals surface area contributed by atoms with Gasteiger partial charge in [-0.05, 0) is 66.1 Å². The average Bonchev–Trinajstić information content (AvgIpc) is 2.46. The van der Waals surface area contributed by atoms with Crippen molar-refractivity contribution in [1.82, 2.24) is 5.32 Å². The molecule has 0 saturated carbocycles. The van der Waals surface area contributed by atoms with Crippen molar-refractivity contribution < 1.29 is 4.39 Å². The Labute approximate surface area is 133 Å². The predicted octanol–water partition coefficient (Wildman–Crippen LogP) is 5.11. The van der Waals surface area contributed by atoms with Crippen LogP contribution in [0.3, 0.4) is 0 Å². The van der Waals surface area contributed by atoms with Crippen LogP contribution in [-0.4, -0.2) is 5.75 Å². The highest BCUT2D eigenvalue weighted by Gasteiger charge is 2.20. The molecular weight excluding hydrogens is 305 g/mol. The number of nitrogens with one attached hydrogen (secondary N) is 1. The van der Waals surface area contributed by atoms with E-state index in [9.17, 15) is 4.39 Å². The first-order chi connectivity index (χ1) is 10.1. The smallest absolute Gasteiger partial charge is 0.123 e.